The number of benzene rings is 2. The zero-order chi connectivity index (χ0) is 19.6. The first-order chi connectivity index (χ1) is 14.3. The Morgan fingerprint density at radius 3 is 2.38 bits per heavy atom. The molecule has 0 unspecified atom stereocenters. The minimum atomic E-state index is 0.472. The van der Waals surface area contributed by atoms with Crippen molar-refractivity contribution in [3.05, 3.63) is 72.1 Å². The molecule has 1 aliphatic carbocycles. The zero-order valence-electron chi connectivity index (χ0n) is 16.1. The van der Waals surface area contributed by atoms with Crippen LogP contribution in [0.3, 0.4) is 0 Å². The van der Waals surface area contributed by atoms with Crippen LogP contribution in [0.5, 0.6) is 0 Å². The monoisotopic (exact) mass is 402 g/mol. The maximum Gasteiger partial charge on any atom is 0.0737 e. The van der Waals surface area contributed by atoms with Gasteiger partial charge in [-0.2, -0.15) is 0 Å². The van der Waals surface area contributed by atoms with Crippen LogP contribution in [0.15, 0.2) is 67.1 Å². The molecular formula is C24H23ClN4. The molecular weight excluding hydrogens is 380 g/mol. The van der Waals surface area contributed by atoms with Gasteiger partial charge in [-0.25, -0.2) is 0 Å². The van der Waals surface area contributed by atoms with Crippen LogP contribution in [-0.4, -0.2) is 22.1 Å². The Balaban J connectivity index is 1.25. The Labute approximate surface area is 175 Å². The molecule has 0 atom stereocenters. The number of nitrogens with one attached hydrogen (secondary N) is 2. The number of nitrogens with zero attached hydrogens (tertiary/aromatic N) is 2. The van der Waals surface area contributed by atoms with Gasteiger partial charge < -0.3 is 10.6 Å². The fraction of sp³-hybridized carbons (Fsp3) is 0.250. The Morgan fingerprint density at radius 1 is 0.793 bits per heavy atom. The van der Waals surface area contributed by atoms with E-state index in [-0.39, 0.29) is 0 Å². The summed E-state index contributed by atoms with van der Waals surface area (Å²) in [6.07, 6.45) is 10.3. The molecule has 0 amide bonds. The molecule has 0 aliphatic heterocycles. The molecule has 0 bridgehead atoms. The lowest BCUT2D eigenvalue weighted by Gasteiger charge is -2.31. The maximum absolute atomic E-state index is 6.11. The van der Waals surface area contributed by atoms with E-state index in [0.29, 0.717) is 12.1 Å². The molecule has 0 spiro atoms. The molecule has 2 heterocycles. The van der Waals surface area contributed by atoms with E-state index in [1.165, 1.54) is 10.8 Å². The van der Waals surface area contributed by atoms with Crippen LogP contribution >= 0.6 is 11.6 Å². The molecule has 5 heteroatoms. The van der Waals surface area contributed by atoms with Crippen molar-refractivity contribution in [1.82, 2.24) is 9.97 Å². The van der Waals surface area contributed by atoms with Gasteiger partial charge in [0.15, 0.2) is 0 Å². The second kappa shape index (κ2) is 7.88. The molecule has 0 radical (unpaired) electrons. The number of rotatable bonds is 4. The van der Waals surface area contributed by atoms with E-state index in [1.54, 1.807) is 0 Å². The van der Waals surface area contributed by atoms with Crippen LogP contribution in [0, 0.1) is 0 Å². The third-order valence-electron chi connectivity index (χ3n) is 5.82. The lowest BCUT2D eigenvalue weighted by Crippen LogP contribution is -2.32. The number of anilines is 2. The predicted octanol–water partition coefficient (Wildman–Crippen LogP) is 6.27. The number of fused-ring (bicyclic) bond motifs is 2. The SMILES string of the molecule is Clc1ccc2c(NC3CCC(Nc4cncc5ccccc45)CC3)ccnc2c1. The van der Waals surface area contributed by atoms with E-state index in [9.17, 15) is 0 Å². The Bertz CT molecular complexity index is 1150. The van der Waals surface area contributed by atoms with Gasteiger partial charge in [-0.05, 0) is 49.9 Å². The number of pyridine rings is 2. The van der Waals surface area contributed by atoms with E-state index in [2.05, 4.69) is 50.9 Å². The van der Waals surface area contributed by atoms with Crippen molar-refractivity contribution in [2.45, 2.75) is 37.8 Å². The Kier molecular flexibility index (Phi) is 4.94. The number of aromatic nitrogens is 2. The van der Waals surface area contributed by atoms with Crippen molar-refractivity contribution >= 4 is 44.7 Å². The van der Waals surface area contributed by atoms with E-state index >= 15 is 0 Å². The first kappa shape index (κ1) is 18.2. The van der Waals surface area contributed by atoms with Gasteiger partial charge in [0, 0.05) is 51.3 Å². The highest BCUT2D eigenvalue weighted by Gasteiger charge is 2.22. The summed E-state index contributed by atoms with van der Waals surface area (Å²) >= 11 is 6.11. The van der Waals surface area contributed by atoms with Crippen LogP contribution in [-0.2, 0) is 0 Å². The summed E-state index contributed by atoms with van der Waals surface area (Å²) in [5.74, 6) is 0. The average Bonchev–Trinajstić information content (AvgIpc) is 2.75. The standard InChI is InChI=1S/C24H23ClN4/c25-17-5-10-21-22(11-12-27-23(21)13-17)28-18-6-8-19(9-7-18)29-24-15-26-14-16-3-1-2-4-20(16)24/h1-5,10-15,18-19,29H,6-9H2,(H,27,28). The smallest absolute Gasteiger partial charge is 0.0737 e. The summed E-state index contributed by atoms with van der Waals surface area (Å²) in [4.78, 5) is 8.83. The summed E-state index contributed by atoms with van der Waals surface area (Å²) in [6, 6.07) is 17.3. The number of hydrogen-bond donors (Lipinski definition) is 2. The van der Waals surface area contributed by atoms with Gasteiger partial charge in [0.05, 0.1) is 17.4 Å². The van der Waals surface area contributed by atoms with Crippen LogP contribution < -0.4 is 10.6 Å². The average molecular weight is 403 g/mol. The van der Waals surface area contributed by atoms with E-state index < -0.39 is 0 Å². The third-order valence-corrected chi connectivity index (χ3v) is 6.05. The predicted molar refractivity (Wildman–Crippen MR) is 122 cm³/mol. The van der Waals surface area contributed by atoms with Gasteiger partial charge in [0.25, 0.3) is 0 Å². The molecule has 0 saturated heterocycles. The summed E-state index contributed by atoms with van der Waals surface area (Å²) in [7, 11) is 0. The Hall–Kier alpha value is -2.85. The summed E-state index contributed by atoms with van der Waals surface area (Å²) in [5, 5.41) is 11.7. The lowest BCUT2D eigenvalue weighted by molar-refractivity contribution is 0.429. The maximum atomic E-state index is 6.11. The van der Waals surface area contributed by atoms with Gasteiger partial charge in [-0.1, -0.05) is 35.9 Å². The highest BCUT2D eigenvalue weighted by atomic mass is 35.5. The second-order valence-electron chi connectivity index (χ2n) is 7.77. The van der Waals surface area contributed by atoms with Crippen molar-refractivity contribution in [1.29, 1.82) is 0 Å². The van der Waals surface area contributed by atoms with Crippen LogP contribution in [0.4, 0.5) is 11.4 Å². The zero-order valence-corrected chi connectivity index (χ0v) is 16.9. The first-order valence-electron chi connectivity index (χ1n) is 10.2. The van der Waals surface area contributed by atoms with Gasteiger partial charge in [-0.3, -0.25) is 9.97 Å². The molecule has 1 saturated carbocycles. The van der Waals surface area contributed by atoms with Crippen molar-refractivity contribution in [2.24, 2.45) is 0 Å². The van der Waals surface area contributed by atoms with Crippen molar-refractivity contribution in [3.8, 4) is 0 Å². The number of halogens is 1. The minimum Gasteiger partial charge on any atom is -0.382 e. The van der Waals surface area contributed by atoms with Crippen molar-refractivity contribution in [3.63, 3.8) is 0 Å². The largest absolute Gasteiger partial charge is 0.382 e. The number of hydrogen-bond acceptors (Lipinski definition) is 4. The van der Waals surface area contributed by atoms with E-state index in [4.69, 9.17) is 11.6 Å². The van der Waals surface area contributed by atoms with Crippen LogP contribution in [0.1, 0.15) is 25.7 Å². The highest BCUT2D eigenvalue weighted by molar-refractivity contribution is 6.31. The minimum absolute atomic E-state index is 0.472. The van der Waals surface area contributed by atoms with Crippen molar-refractivity contribution < 1.29 is 0 Å². The quantitative estimate of drug-likeness (QED) is 0.422. The lowest BCUT2D eigenvalue weighted by atomic mass is 9.90. The molecule has 5 rings (SSSR count). The molecule has 146 valence electrons. The Morgan fingerprint density at radius 2 is 1.55 bits per heavy atom. The molecule has 1 aliphatic rings. The van der Waals surface area contributed by atoms with Gasteiger partial charge in [-0.15, -0.1) is 0 Å². The molecule has 4 nitrogen and oxygen atoms in total. The van der Waals surface area contributed by atoms with Gasteiger partial charge in [0.1, 0.15) is 0 Å². The van der Waals surface area contributed by atoms with Crippen LogP contribution in [0.25, 0.3) is 21.7 Å². The third kappa shape index (κ3) is 3.85. The van der Waals surface area contributed by atoms with Crippen LogP contribution in [0.2, 0.25) is 5.02 Å². The molecule has 2 N–H and O–H groups in total. The molecule has 1 fully saturated rings. The molecule has 29 heavy (non-hydrogen) atoms. The molecule has 2 aromatic heterocycles. The second-order valence-corrected chi connectivity index (χ2v) is 8.20. The summed E-state index contributed by atoms with van der Waals surface area (Å²) in [5.41, 5.74) is 3.21. The normalized spacial score (nSPS) is 19.3. The topological polar surface area (TPSA) is 49.8 Å². The fourth-order valence-electron chi connectivity index (χ4n) is 4.30. The highest BCUT2D eigenvalue weighted by Crippen LogP contribution is 2.30. The van der Waals surface area contributed by atoms with E-state index in [1.807, 2.05) is 36.8 Å². The van der Waals surface area contributed by atoms with Crippen molar-refractivity contribution in [2.75, 3.05) is 10.6 Å². The van der Waals surface area contributed by atoms with E-state index in [0.717, 1.165) is 53.0 Å². The summed E-state index contributed by atoms with van der Waals surface area (Å²) in [6.45, 7) is 0. The summed E-state index contributed by atoms with van der Waals surface area (Å²) < 4.78 is 0. The first-order valence-corrected chi connectivity index (χ1v) is 10.5. The van der Waals surface area contributed by atoms with Gasteiger partial charge >= 0.3 is 0 Å². The fourth-order valence-corrected chi connectivity index (χ4v) is 4.47. The molecule has 4 aromatic rings. The van der Waals surface area contributed by atoms with Gasteiger partial charge in [0.2, 0.25) is 0 Å². The molecule has 2 aromatic carbocycles.